The second-order valence-electron chi connectivity index (χ2n) is 8.80. The molecule has 26 heavy (non-hydrogen) atoms. The molecule has 0 spiro atoms. The molecule has 0 saturated heterocycles. The number of rotatable bonds is 13. The van der Waals surface area contributed by atoms with Gasteiger partial charge in [-0.3, -0.25) is 0 Å². The molecule has 0 aromatic heterocycles. The Labute approximate surface area is 163 Å². The minimum Gasteiger partial charge on any atom is -0.390 e. The molecule has 1 N–H and O–H groups in total. The summed E-state index contributed by atoms with van der Waals surface area (Å²) in [5, 5.41) is 9.53. The van der Waals surface area contributed by atoms with Crippen LogP contribution in [0.2, 0.25) is 0 Å². The van der Waals surface area contributed by atoms with E-state index in [9.17, 15) is 9.90 Å². The van der Waals surface area contributed by atoms with Gasteiger partial charge in [-0.1, -0.05) is 70.4 Å². The Morgan fingerprint density at radius 3 is 2.27 bits per heavy atom. The second kappa shape index (κ2) is 16.5. The second-order valence-corrected chi connectivity index (χ2v) is 8.80. The van der Waals surface area contributed by atoms with E-state index in [-0.39, 0.29) is 5.92 Å². The number of unbranched alkanes of at least 4 members (excludes halogenated alkanes) is 6. The summed E-state index contributed by atoms with van der Waals surface area (Å²) in [6, 6.07) is 0. The van der Waals surface area contributed by atoms with E-state index in [1.165, 1.54) is 77.0 Å². The fourth-order valence-electron chi connectivity index (χ4n) is 3.37. The van der Waals surface area contributed by atoms with Crippen molar-refractivity contribution >= 4 is 6.29 Å². The third-order valence-electron chi connectivity index (χ3n) is 5.17. The van der Waals surface area contributed by atoms with Crippen LogP contribution in [0.1, 0.15) is 124 Å². The lowest BCUT2D eigenvalue weighted by atomic mass is 9.93. The zero-order valence-corrected chi connectivity index (χ0v) is 18.2. The standard InChI is InChI=1S/C12H22O.C12H24O/c1-12(2,13)10-6-9-11-7-4-3-5-8-11;1-3-4-5-6-7-8-9-10-12(2)11-13/h7,13H,3-6,8-10H2,1-2H3;11-12H,3-10H2,1-2H3. The Morgan fingerprint density at radius 2 is 1.73 bits per heavy atom. The molecule has 1 aliphatic rings. The lowest BCUT2D eigenvalue weighted by Crippen LogP contribution is -2.17. The zero-order valence-electron chi connectivity index (χ0n) is 18.2. The van der Waals surface area contributed by atoms with Gasteiger partial charge in [-0.2, -0.15) is 0 Å². The number of allylic oxidation sites excluding steroid dienone is 2. The largest absolute Gasteiger partial charge is 0.390 e. The van der Waals surface area contributed by atoms with E-state index in [2.05, 4.69) is 13.0 Å². The molecule has 154 valence electrons. The number of aldehydes is 1. The Morgan fingerprint density at radius 1 is 1.08 bits per heavy atom. The minimum absolute atomic E-state index is 0.274. The molecule has 0 aromatic carbocycles. The first-order valence-corrected chi connectivity index (χ1v) is 11.2. The van der Waals surface area contributed by atoms with Crippen molar-refractivity contribution in [2.45, 2.75) is 130 Å². The molecule has 2 heteroatoms. The van der Waals surface area contributed by atoms with Gasteiger partial charge >= 0.3 is 0 Å². The fraction of sp³-hybridized carbons (Fsp3) is 0.875. The minimum atomic E-state index is -0.477. The van der Waals surface area contributed by atoms with E-state index in [1.807, 2.05) is 20.8 Å². The van der Waals surface area contributed by atoms with Crippen LogP contribution < -0.4 is 0 Å². The molecule has 1 rings (SSSR count). The van der Waals surface area contributed by atoms with Gasteiger partial charge in [0.25, 0.3) is 0 Å². The first-order valence-electron chi connectivity index (χ1n) is 11.2. The SMILES string of the molecule is CC(C)(O)CCCC1=CCCCC1.CCCCCCCCCC(C)C=O. The third kappa shape index (κ3) is 18.2. The van der Waals surface area contributed by atoms with Gasteiger partial charge in [0.1, 0.15) is 6.29 Å². The predicted octanol–water partition coefficient (Wildman–Crippen LogP) is 7.39. The summed E-state index contributed by atoms with van der Waals surface area (Å²) in [5.74, 6) is 0.274. The van der Waals surface area contributed by atoms with Crippen LogP contribution in [-0.2, 0) is 4.79 Å². The van der Waals surface area contributed by atoms with Crippen LogP contribution in [0, 0.1) is 5.92 Å². The maximum Gasteiger partial charge on any atom is 0.122 e. The van der Waals surface area contributed by atoms with Crippen LogP contribution in [-0.4, -0.2) is 17.0 Å². The Balaban J connectivity index is 0.000000481. The van der Waals surface area contributed by atoms with E-state index in [4.69, 9.17) is 0 Å². The molecule has 0 radical (unpaired) electrons. The zero-order chi connectivity index (χ0) is 19.7. The summed E-state index contributed by atoms with van der Waals surface area (Å²) in [7, 11) is 0. The Kier molecular flexibility index (Phi) is 16.1. The van der Waals surface area contributed by atoms with Gasteiger partial charge in [0.15, 0.2) is 0 Å². The van der Waals surface area contributed by atoms with E-state index < -0.39 is 5.60 Å². The average molecular weight is 367 g/mol. The topological polar surface area (TPSA) is 37.3 Å². The number of carbonyl (C=O) groups is 1. The maximum atomic E-state index is 10.3. The van der Waals surface area contributed by atoms with Crippen LogP contribution >= 0.6 is 0 Å². The van der Waals surface area contributed by atoms with Gasteiger partial charge in [0, 0.05) is 5.92 Å². The van der Waals surface area contributed by atoms with E-state index in [0.29, 0.717) is 0 Å². The predicted molar refractivity (Wildman–Crippen MR) is 115 cm³/mol. The van der Waals surface area contributed by atoms with Crippen molar-refractivity contribution in [3.05, 3.63) is 11.6 Å². The van der Waals surface area contributed by atoms with Gasteiger partial charge in [0.2, 0.25) is 0 Å². The monoisotopic (exact) mass is 366 g/mol. The first kappa shape index (κ1) is 25.4. The molecule has 2 nitrogen and oxygen atoms in total. The van der Waals surface area contributed by atoms with Crippen molar-refractivity contribution in [3.63, 3.8) is 0 Å². The molecule has 0 saturated carbocycles. The highest BCUT2D eigenvalue weighted by Gasteiger charge is 2.12. The van der Waals surface area contributed by atoms with Crippen LogP contribution in [0.4, 0.5) is 0 Å². The summed E-state index contributed by atoms with van der Waals surface area (Å²) in [6.45, 7) is 8.03. The van der Waals surface area contributed by atoms with E-state index >= 15 is 0 Å². The molecule has 0 aromatic rings. The molecule has 1 unspecified atom stereocenters. The number of carbonyl (C=O) groups excluding carboxylic acids is 1. The van der Waals surface area contributed by atoms with Gasteiger partial charge in [0.05, 0.1) is 5.60 Å². The molecule has 0 bridgehead atoms. The van der Waals surface area contributed by atoms with Crippen molar-refractivity contribution in [1.82, 2.24) is 0 Å². The molecule has 1 atom stereocenters. The van der Waals surface area contributed by atoms with E-state index in [1.54, 1.807) is 5.57 Å². The number of hydrogen-bond donors (Lipinski definition) is 1. The summed E-state index contributed by atoms with van der Waals surface area (Å²) in [4.78, 5) is 10.3. The van der Waals surface area contributed by atoms with Gasteiger partial charge in [-0.05, 0) is 65.2 Å². The summed E-state index contributed by atoms with van der Waals surface area (Å²) in [5.41, 5.74) is 1.14. The summed E-state index contributed by atoms with van der Waals surface area (Å²) < 4.78 is 0. The smallest absolute Gasteiger partial charge is 0.122 e. The van der Waals surface area contributed by atoms with Crippen molar-refractivity contribution in [3.8, 4) is 0 Å². The molecular formula is C24H46O2. The lowest BCUT2D eigenvalue weighted by Gasteiger charge is -2.18. The number of aliphatic hydroxyl groups is 1. The average Bonchev–Trinajstić information content (AvgIpc) is 2.61. The molecule has 0 amide bonds. The fourth-order valence-corrected chi connectivity index (χ4v) is 3.37. The van der Waals surface area contributed by atoms with Crippen molar-refractivity contribution in [1.29, 1.82) is 0 Å². The van der Waals surface area contributed by atoms with Crippen molar-refractivity contribution in [2.24, 2.45) is 5.92 Å². The summed E-state index contributed by atoms with van der Waals surface area (Å²) in [6.07, 6.45) is 22.5. The van der Waals surface area contributed by atoms with Gasteiger partial charge < -0.3 is 9.90 Å². The molecular weight excluding hydrogens is 320 g/mol. The van der Waals surface area contributed by atoms with E-state index in [0.717, 1.165) is 25.5 Å². The molecule has 0 fully saturated rings. The molecule has 0 heterocycles. The first-order chi connectivity index (χ1) is 12.4. The van der Waals surface area contributed by atoms with Crippen LogP contribution in [0.15, 0.2) is 11.6 Å². The van der Waals surface area contributed by atoms with Crippen LogP contribution in [0.3, 0.4) is 0 Å². The van der Waals surface area contributed by atoms with Crippen LogP contribution in [0.5, 0.6) is 0 Å². The number of hydrogen-bond acceptors (Lipinski definition) is 2. The Hall–Kier alpha value is -0.630. The Bertz CT molecular complexity index is 352. The lowest BCUT2D eigenvalue weighted by molar-refractivity contribution is -0.110. The van der Waals surface area contributed by atoms with Crippen molar-refractivity contribution < 1.29 is 9.90 Å². The summed E-state index contributed by atoms with van der Waals surface area (Å²) >= 11 is 0. The molecule has 1 aliphatic carbocycles. The van der Waals surface area contributed by atoms with Gasteiger partial charge in [-0.15, -0.1) is 0 Å². The molecule has 0 aliphatic heterocycles. The highest BCUT2D eigenvalue weighted by Crippen LogP contribution is 2.23. The third-order valence-corrected chi connectivity index (χ3v) is 5.17. The highest BCUT2D eigenvalue weighted by molar-refractivity contribution is 5.52. The maximum absolute atomic E-state index is 10.3. The highest BCUT2D eigenvalue weighted by atomic mass is 16.3. The van der Waals surface area contributed by atoms with Crippen LogP contribution in [0.25, 0.3) is 0 Å². The quantitative estimate of drug-likeness (QED) is 0.209. The van der Waals surface area contributed by atoms with Crippen molar-refractivity contribution in [2.75, 3.05) is 0 Å². The normalized spacial score (nSPS) is 15.7. The van der Waals surface area contributed by atoms with Gasteiger partial charge in [-0.25, -0.2) is 0 Å².